The van der Waals surface area contributed by atoms with Gasteiger partial charge in [0.25, 0.3) is 0 Å². The zero-order valence-electron chi connectivity index (χ0n) is 11.7. The Morgan fingerprint density at radius 2 is 2.19 bits per heavy atom. The molecule has 0 bridgehead atoms. The Kier molecular flexibility index (Phi) is 5.41. The van der Waals surface area contributed by atoms with Crippen LogP contribution in [0.5, 0.6) is 0 Å². The molecule has 21 heavy (non-hydrogen) atoms. The Morgan fingerprint density at radius 3 is 2.95 bits per heavy atom. The third-order valence-electron chi connectivity index (χ3n) is 2.65. The molecule has 0 atom stereocenters. The van der Waals surface area contributed by atoms with E-state index in [4.69, 9.17) is 6.42 Å². The largest absolute Gasteiger partial charge is 0.370 e. The molecule has 0 radical (unpaired) electrons. The predicted octanol–water partition coefficient (Wildman–Crippen LogP) is 1.90. The molecule has 6 heteroatoms. The molecule has 2 N–H and O–H groups in total. The molecule has 0 unspecified atom stereocenters. The van der Waals surface area contributed by atoms with Crippen LogP contribution >= 0.6 is 11.8 Å². The number of carbonyl (C=O) groups is 1. The van der Waals surface area contributed by atoms with Crippen LogP contribution in [0.1, 0.15) is 6.92 Å². The van der Waals surface area contributed by atoms with Crippen LogP contribution in [0, 0.1) is 12.3 Å². The zero-order valence-corrected chi connectivity index (χ0v) is 12.5. The van der Waals surface area contributed by atoms with Gasteiger partial charge in [-0.3, -0.25) is 4.79 Å². The van der Waals surface area contributed by atoms with E-state index >= 15 is 0 Å². The van der Waals surface area contributed by atoms with Crippen molar-refractivity contribution in [2.75, 3.05) is 24.2 Å². The molecule has 0 fully saturated rings. The molecule has 1 heterocycles. The Morgan fingerprint density at radius 1 is 1.38 bits per heavy atom. The number of nitrogens with zero attached hydrogens (tertiary/aromatic N) is 2. The topological polar surface area (TPSA) is 66.9 Å². The highest BCUT2D eigenvalue weighted by Gasteiger charge is 2.09. The van der Waals surface area contributed by atoms with Crippen molar-refractivity contribution in [1.29, 1.82) is 0 Å². The molecule has 2 rings (SSSR count). The molecule has 0 saturated heterocycles. The maximum atomic E-state index is 11.6. The molecule has 1 amide bonds. The van der Waals surface area contributed by atoms with Gasteiger partial charge in [0, 0.05) is 11.9 Å². The van der Waals surface area contributed by atoms with Crippen LogP contribution in [-0.4, -0.2) is 34.7 Å². The molecule has 0 aliphatic carbocycles. The van der Waals surface area contributed by atoms with Crippen LogP contribution in [0.4, 0.5) is 5.82 Å². The van der Waals surface area contributed by atoms with Gasteiger partial charge in [0.1, 0.15) is 5.82 Å². The monoisotopic (exact) mass is 300 g/mol. The van der Waals surface area contributed by atoms with Gasteiger partial charge in [-0.1, -0.05) is 29.8 Å². The van der Waals surface area contributed by atoms with Crippen LogP contribution in [0.2, 0.25) is 0 Å². The molecule has 108 valence electrons. The van der Waals surface area contributed by atoms with Gasteiger partial charge in [-0.2, -0.15) is 0 Å². The second kappa shape index (κ2) is 7.50. The van der Waals surface area contributed by atoms with Crippen LogP contribution in [-0.2, 0) is 4.79 Å². The predicted molar refractivity (Wildman–Crippen MR) is 86.3 cm³/mol. The Hall–Kier alpha value is -2.26. The van der Waals surface area contributed by atoms with Crippen molar-refractivity contribution >= 4 is 34.4 Å². The summed E-state index contributed by atoms with van der Waals surface area (Å²) in [7, 11) is 0. The van der Waals surface area contributed by atoms with E-state index in [1.54, 1.807) is 0 Å². The number of anilines is 1. The third-order valence-corrected chi connectivity index (χ3v) is 3.49. The molecule has 0 aliphatic heterocycles. The van der Waals surface area contributed by atoms with E-state index in [1.165, 1.54) is 11.8 Å². The van der Waals surface area contributed by atoms with Crippen molar-refractivity contribution in [3.63, 3.8) is 0 Å². The summed E-state index contributed by atoms with van der Waals surface area (Å²) in [6.07, 6.45) is 5.10. The number of fused-ring (bicyclic) bond motifs is 1. The Labute approximate surface area is 127 Å². The molecule has 2 aromatic rings. The standard InChI is InChI=1S/C15H16N4OS/c1-3-9-17-13(20)10-21-15-18-12-8-6-5-7-11(12)14(19-15)16-4-2/h1,5-8H,4,9-10H2,2H3,(H,17,20)(H,16,18,19). The highest BCUT2D eigenvalue weighted by Crippen LogP contribution is 2.24. The molecule has 0 spiro atoms. The summed E-state index contributed by atoms with van der Waals surface area (Å²) in [5.41, 5.74) is 0.856. The Balaban J connectivity index is 2.16. The highest BCUT2D eigenvalue weighted by atomic mass is 32.2. The van der Waals surface area contributed by atoms with E-state index in [0.717, 1.165) is 23.3 Å². The number of aromatic nitrogens is 2. The first kappa shape index (κ1) is 15.1. The van der Waals surface area contributed by atoms with Gasteiger partial charge in [0.2, 0.25) is 5.91 Å². The van der Waals surface area contributed by atoms with Gasteiger partial charge >= 0.3 is 0 Å². The molecule has 0 saturated carbocycles. The highest BCUT2D eigenvalue weighted by molar-refractivity contribution is 7.99. The van der Waals surface area contributed by atoms with Crippen molar-refractivity contribution in [3.05, 3.63) is 24.3 Å². The lowest BCUT2D eigenvalue weighted by Crippen LogP contribution is -2.25. The van der Waals surface area contributed by atoms with Gasteiger partial charge in [0.15, 0.2) is 5.16 Å². The van der Waals surface area contributed by atoms with E-state index in [1.807, 2.05) is 31.2 Å². The fraction of sp³-hybridized carbons (Fsp3) is 0.267. The normalized spacial score (nSPS) is 10.1. The first-order chi connectivity index (χ1) is 10.2. The summed E-state index contributed by atoms with van der Waals surface area (Å²) >= 11 is 1.29. The number of thioether (sulfide) groups is 1. The summed E-state index contributed by atoms with van der Waals surface area (Å²) in [6.45, 7) is 3.02. The summed E-state index contributed by atoms with van der Waals surface area (Å²) in [6, 6.07) is 7.79. The number of benzene rings is 1. The number of para-hydroxylation sites is 1. The summed E-state index contributed by atoms with van der Waals surface area (Å²) in [5.74, 6) is 3.27. The van der Waals surface area contributed by atoms with Crippen LogP contribution in [0.3, 0.4) is 0 Å². The number of terminal acetylenes is 1. The summed E-state index contributed by atoms with van der Waals surface area (Å²) in [5, 5.41) is 7.38. The lowest BCUT2D eigenvalue weighted by Gasteiger charge is -2.09. The van der Waals surface area contributed by atoms with Crippen molar-refractivity contribution in [2.24, 2.45) is 0 Å². The minimum atomic E-state index is -0.125. The first-order valence-electron chi connectivity index (χ1n) is 6.58. The minimum Gasteiger partial charge on any atom is -0.370 e. The van der Waals surface area contributed by atoms with Gasteiger partial charge in [0.05, 0.1) is 17.8 Å². The maximum absolute atomic E-state index is 11.6. The molecule has 5 nitrogen and oxygen atoms in total. The molecular formula is C15H16N4OS. The number of hydrogen-bond donors (Lipinski definition) is 2. The molecular weight excluding hydrogens is 284 g/mol. The van der Waals surface area contributed by atoms with Crippen LogP contribution in [0.15, 0.2) is 29.4 Å². The van der Waals surface area contributed by atoms with Crippen molar-refractivity contribution in [1.82, 2.24) is 15.3 Å². The number of hydrogen-bond acceptors (Lipinski definition) is 5. The number of amides is 1. The lowest BCUT2D eigenvalue weighted by atomic mass is 10.2. The van der Waals surface area contributed by atoms with E-state index < -0.39 is 0 Å². The number of carbonyl (C=O) groups excluding carboxylic acids is 1. The van der Waals surface area contributed by atoms with E-state index in [9.17, 15) is 4.79 Å². The third kappa shape index (κ3) is 4.10. The van der Waals surface area contributed by atoms with Crippen LogP contribution < -0.4 is 10.6 Å². The van der Waals surface area contributed by atoms with E-state index in [0.29, 0.717) is 5.16 Å². The SMILES string of the molecule is C#CCNC(=O)CSc1nc(NCC)c2ccccc2n1. The van der Waals surface area contributed by atoms with Gasteiger partial charge in [-0.15, -0.1) is 6.42 Å². The quantitative estimate of drug-likeness (QED) is 0.484. The molecule has 0 aliphatic rings. The maximum Gasteiger partial charge on any atom is 0.231 e. The fourth-order valence-electron chi connectivity index (χ4n) is 1.75. The first-order valence-corrected chi connectivity index (χ1v) is 7.56. The van der Waals surface area contributed by atoms with Gasteiger partial charge in [-0.25, -0.2) is 9.97 Å². The molecule has 1 aromatic heterocycles. The van der Waals surface area contributed by atoms with Crippen LogP contribution in [0.25, 0.3) is 10.9 Å². The second-order valence-corrected chi connectivity index (χ2v) is 5.11. The number of rotatable bonds is 6. The number of nitrogens with one attached hydrogen (secondary N) is 2. The lowest BCUT2D eigenvalue weighted by molar-refractivity contribution is -0.118. The fourth-order valence-corrected chi connectivity index (χ4v) is 2.43. The summed E-state index contributed by atoms with van der Waals surface area (Å²) < 4.78 is 0. The Bertz CT molecular complexity index is 681. The van der Waals surface area contributed by atoms with Crippen molar-refractivity contribution < 1.29 is 4.79 Å². The smallest absolute Gasteiger partial charge is 0.231 e. The van der Waals surface area contributed by atoms with E-state index in [2.05, 4.69) is 26.5 Å². The average molecular weight is 300 g/mol. The van der Waals surface area contributed by atoms with Crippen molar-refractivity contribution in [3.8, 4) is 12.3 Å². The van der Waals surface area contributed by atoms with Crippen molar-refractivity contribution in [2.45, 2.75) is 12.1 Å². The minimum absolute atomic E-state index is 0.125. The second-order valence-electron chi connectivity index (χ2n) is 4.17. The van der Waals surface area contributed by atoms with Gasteiger partial charge < -0.3 is 10.6 Å². The molecule has 1 aromatic carbocycles. The van der Waals surface area contributed by atoms with E-state index in [-0.39, 0.29) is 18.2 Å². The zero-order chi connectivity index (χ0) is 15.1. The average Bonchev–Trinajstić information content (AvgIpc) is 2.51. The summed E-state index contributed by atoms with van der Waals surface area (Å²) in [4.78, 5) is 20.5. The van der Waals surface area contributed by atoms with Gasteiger partial charge in [-0.05, 0) is 19.1 Å².